The van der Waals surface area contributed by atoms with Crippen molar-refractivity contribution in [1.82, 2.24) is 15.0 Å². The molecule has 2 aromatic carbocycles. The lowest BCUT2D eigenvalue weighted by atomic mass is 10.1. The molecule has 0 bridgehead atoms. The van der Waals surface area contributed by atoms with Crippen LogP contribution < -0.4 is 13.2 Å². The number of ether oxygens (including phenoxy) is 1. The number of carbonyl (C=O) groups is 1. The van der Waals surface area contributed by atoms with Crippen LogP contribution in [0.1, 0.15) is 10.4 Å². The van der Waals surface area contributed by atoms with E-state index in [-0.39, 0.29) is 5.91 Å². The maximum Gasteiger partial charge on any atom is 0.267 e. The van der Waals surface area contributed by atoms with Crippen LogP contribution in [-0.2, 0) is 0 Å². The topological polar surface area (TPSA) is 80.2 Å². The maximum atomic E-state index is 13.1. The molecule has 0 fully saturated rings. The number of amides is 1. The Morgan fingerprint density at radius 2 is 1.65 bits per heavy atom. The third kappa shape index (κ3) is 4.81. The maximum absolute atomic E-state index is 13.1. The van der Waals surface area contributed by atoms with Crippen LogP contribution in [0.2, 0.25) is 0 Å². The van der Waals surface area contributed by atoms with Crippen molar-refractivity contribution >= 4 is 56.7 Å². The van der Waals surface area contributed by atoms with Gasteiger partial charge < -0.3 is 10.1 Å². The van der Waals surface area contributed by atoms with E-state index in [2.05, 4.69) is 20.3 Å². The monoisotopic (exact) mass is 559 g/mol. The highest BCUT2D eigenvalue weighted by atomic mass is 127. The molecule has 0 unspecified atom stereocenters. The van der Waals surface area contributed by atoms with E-state index < -0.39 is 0 Å². The highest BCUT2D eigenvalue weighted by Gasteiger charge is 2.16. The molecule has 1 amide bonds. The van der Waals surface area contributed by atoms with E-state index >= 15 is 0 Å². The number of pyridine rings is 3. The second-order valence-electron chi connectivity index (χ2n) is 7.32. The van der Waals surface area contributed by atoms with Crippen molar-refractivity contribution in [2.45, 2.75) is 0 Å². The number of halogens is 1. The van der Waals surface area contributed by atoms with Gasteiger partial charge in [0.2, 0.25) is 0 Å². The molecule has 5 aromatic rings. The van der Waals surface area contributed by atoms with Crippen molar-refractivity contribution < 1.29 is 9.53 Å². The summed E-state index contributed by atoms with van der Waals surface area (Å²) in [6, 6.07) is 22.1. The first-order valence-electron chi connectivity index (χ1n) is 10.4. The van der Waals surface area contributed by atoms with E-state index in [1.165, 1.54) is 0 Å². The summed E-state index contributed by atoms with van der Waals surface area (Å²) in [6.45, 7) is 0. The van der Waals surface area contributed by atoms with Crippen LogP contribution in [-0.4, -0.2) is 20.9 Å². The lowest BCUT2D eigenvalue weighted by Gasteiger charge is -2.16. The minimum Gasteiger partial charge on any atom is -0.457 e. The number of hydrogen-bond acceptors (Lipinski definition) is 6. The molecule has 5 rings (SSSR count). The average Bonchev–Trinajstić information content (AvgIpc) is 2.89. The fourth-order valence-corrected chi connectivity index (χ4v) is 3.97. The van der Waals surface area contributed by atoms with Gasteiger partial charge in [0.25, 0.3) is 5.91 Å². The highest BCUT2D eigenvalue weighted by molar-refractivity contribution is 14.1. The van der Waals surface area contributed by atoms with Crippen molar-refractivity contribution in [3.8, 4) is 11.5 Å². The van der Waals surface area contributed by atoms with Crippen molar-refractivity contribution in [1.29, 1.82) is 0 Å². The summed E-state index contributed by atoms with van der Waals surface area (Å²) >= 11 is 2.01. The van der Waals surface area contributed by atoms with Crippen LogP contribution in [0.4, 0.5) is 17.1 Å². The van der Waals surface area contributed by atoms with E-state index in [4.69, 9.17) is 4.74 Å². The Morgan fingerprint density at radius 3 is 2.47 bits per heavy atom. The van der Waals surface area contributed by atoms with Crippen LogP contribution >= 0.6 is 22.9 Å². The van der Waals surface area contributed by atoms with Gasteiger partial charge in [0.15, 0.2) is 0 Å². The first-order valence-corrected chi connectivity index (χ1v) is 11.4. The Kier molecular flexibility index (Phi) is 6.30. The molecule has 1 N–H and O–H groups in total. The number of nitrogens with one attached hydrogen (secondary N) is 1. The van der Waals surface area contributed by atoms with E-state index in [1.807, 2.05) is 71.4 Å². The van der Waals surface area contributed by atoms with Gasteiger partial charge >= 0.3 is 0 Å². The Labute approximate surface area is 210 Å². The van der Waals surface area contributed by atoms with Crippen LogP contribution in [0.3, 0.4) is 0 Å². The molecule has 8 heteroatoms. The van der Waals surface area contributed by atoms with E-state index in [0.717, 1.165) is 28.0 Å². The van der Waals surface area contributed by atoms with Gasteiger partial charge in [-0.2, -0.15) is 0 Å². The summed E-state index contributed by atoms with van der Waals surface area (Å²) in [5.41, 5.74) is 3.92. The van der Waals surface area contributed by atoms with E-state index in [9.17, 15) is 4.79 Å². The Hall–Kier alpha value is -4.05. The quantitative estimate of drug-likeness (QED) is 0.188. The van der Waals surface area contributed by atoms with Gasteiger partial charge in [-0.25, -0.2) is 3.11 Å². The zero-order valence-corrected chi connectivity index (χ0v) is 20.0. The lowest BCUT2D eigenvalue weighted by Crippen LogP contribution is -2.19. The largest absolute Gasteiger partial charge is 0.457 e. The fourth-order valence-electron chi connectivity index (χ4n) is 3.39. The molecule has 0 radical (unpaired) electrons. The molecular formula is C26H18IN5O2. The number of hydrogen-bond donors (Lipinski definition) is 1. The normalized spacial score (nSPS) is 10.6. The second kappa shape index (κ2) is 9.84. The molecule has 0 atom stereocenters. The smallest absolute Gasteiger partial charge is 0.267 e. The van der Waals surface area contributed by atoms with Gasteiger partial charge in [-0.3, -0.25) is 19.7 Å². The predicted octanol–water partition coefficient (Wildman–Crippen LogP) is 6.56. The number of carbonyl (C=O) groups excluding carboxylic acids is 1. The third-order valence-electron chi connectivity index (χ3n) is 5.06. The summed E-state index contributed by atoms with van der Waals surface area (Å²) in [4.78, 5) is 25.6. The third-order valence-corrected chi connectivity index (χ3v) is 6.06. The molecule has 0 aliphatic rings. The van der Waals surface area contributed by atoms with Crippen molar-refractivity contribution in [2.75, 3.05) is 8.43 Å². The van der Waals surface area contributed by atoms with Crippen LogP contribution in [0.15, 0.2) is 104 Å². The molecule has 0 aliphatic carbocycles. The summed E-state index contributed by atoms with van der Waals surface area (Å²) < 4.78 is 7.43. The van der Waals surface area contributed by atoms with Gasteiger partial charge in [0.05, 0.1) is 39.8 Å². The zero-order valence-electron chi connectivity index (χ0n) is 17.8. The van der Waals surface area contributed by atoms with E-state index in [0.29, 0.717) is 17.1 Å². The number of rotatable bonds is 6. The van der Waals surface area contributed by atoms with Crippen LogP contribution in [0, 0.1) is 0 Å². The number of benzene rings is 2. The molecule has 0 spiro atoms. The van der Waals surface area contributed by atoms with Crippen LogP contribution in [0.5, 0.6) is 11.5 Å². The molecule has 0 aliphatic heterocycles. The minimum absolute atomic E-state index is 0.133. The Balaban J connectivity index is 1.31. The Bertz CT molecular complexity index is 1440. The first kappa shape index (κ1) is 21.8. The Morgan fingerprint density at radius 1 is 0.853 bits per heavy atom. The van der Waals surface area contributed by atoms with Crippen LogP contribution in [0.25, 0.3) is 10.9 Å². The van der Waals surface area contributed by atoms with Crippen molar-refractivity contribution in [2.24, 2.45) is 0 Å². The van der Waals surface area contributed by atoms with Gasteiger partial charge in [0, 0.05) is 53.7 Å². The predicted molar refractivity (Wildman–Crippen MR) is 141 cm³/mol. The lowest BCUT2D eigenvalue weighted by molar-refractivity contribution is 0.101. The van der Waals surface area contributed by atoms with Crippen molar-refractivity contribution in [3.63, 3.8) is 0 Å². The molecule has 166 valence electrons. The van der Waals surface area contributed by atoms with Gasteiger partial charge in [0.1, 0.15) is 11.5 Å². The summed E-state index contributed by atoms with van der Waals surface area (Å²) in [5, 5.41) is 4.31. The van der Waals surface area contributed by atoms with Crippen molar-refractivity contribution in [3.05, 3.63) is 109 Å². The van der Waals surface area contributed by atoms with Gasteiger partial charge in [-0.15, -0.1) is 0 Å². The minimum atomic E-state index is -0.133. The molecule has 3 aromatic heterocycles. The summed E-state index contributed by atoms with van der Waals surface area (Å²) in [7, 11) is 0. The molecule has 7 nitrogen and oxygen atoms in total. The number of anilines is 3. The van der Waals surface area contributed by atoms with Gasteiger partial charge in [-0.1, -0.05) is 6.07 Å². The molecule has 0 saturated heterocycles. The highest BCUT2D eigenvalue weighted by Crippen LogP contribution is 2.29. The number of nitrogens with zero attached hydrogens (tertiary/aromatic N) is 4. The standard InChI is InChI=1S/C26H18IN5O2/c27-32(20-2-1-3-22(16-20)34-21-8-12-28-13-9-21)26(33)18-4-6-19(7-5-18)31-25-11-15-30-24-10-14-29-17-23(24)25/h1-17H,(H,30,31). The fraction of sp³-hybridized carbons (Fsp3) is 0. The van der Waals surface area contributed by atoms with Gasteiger partial charge in [-0.05, 0) is 60.7 Å². The zero-order chi connectivity index (χ0) is 23.3. The average molecular weight is 559 g/mol. The molecule has 34 heavy (non-hydrogen) atoms. The number of fused-ring (bicyclic) bond motifs is 1. The second-order valence-corrected chi connectivity index (χ2v) is 8.29. The number of aromatic nitrogens is 3. The molecule has 0 saturated carbocycles. The molecular weight excluding hydrogens is 541 g/mol. The first-order chi connectivity index (χ1) is 16.7. The summed E-state index contributed by atoms with van der Waals surface area (Å²) in [6.07, 6.45) is 8.59. The van der Waals surface area contributed by atoms with E-state index in [1.54, 1.807) is 58.4 Å². The summed E-state index contributed by atoms with van der Waals surface area (Å²) in [5.74, 6) is 1.18. The SMILES string of the molecule is O=C(c1ccc(Nc2ccnc3ccncc23)cc1)N(I)c1cccc(Oc2ccncc2)c1. The molecule has 3 heterocycles.